The molecule has 0 aromatic rings. The Morgan fingerprint density at radius 2 is 0.794 bits per heavy atom. The fourth-order valence-corrected chi connectivity index (χ4v) is 9.28. The van der Waals surface area contributed by atoms with Gasteiger partial charge in [-0.1, -0.05) is 264 Å². The number of rotatable bonds is 48. The lowest BCUT2D eigenvalue weighted by atomic mass is 9.99. The molecule has 7 unspecified atom stereocenters. The van der Waals surface area contributed by atoms with Crippen LogP contribution in [0.5, 0.6) is 0 Å². The summed E-state index contributed by atoms with van der Waals surface area (Å²) in [7, 11) is 0. The molecule has 6 N–H and O–H groups in total. The summed E-state index contributed by atoms with van der Waals surface area (Å²) in [6.45, 7) is 3.88. The zero-order valence-electron chi connectivity index (χ0n) is 41.6. The Labute approximate surface area is 389 Å². The van der Waals surface area contributed by atoms with Crippen LogP contribution in [0.2, 0.25) is 0 Å². The summed E-state index contributed by atoms with van der Waals surface area (Å²) in [6, 6.07) is -0.713. The third-order valence-electron chi connectivity index (χ3n) is 13.7. The molecule has 0 aromatic heterocycles. The van der Waals surface area contributed by atoms with E-state index in [1.807, 2.05) is 0 Å². The summed E-state index contributed by atoms with van der Waals surface area (Å²) in [4.78, 5) is 13.1. The molecule has 7 atom stereocenters. The minimum atomic E-state index is -1.55. The lowest BCUT2D eigenvalue weighted by Gasteiger charge is -2.40. The van der Waals surface area contributed by atoms with Gasteiger partial charge in [-0.3, -0.25) is 4.79 Å². The van der Waals surface area contributed by atoms with Crippen molar-refractivity contribution in [1.29, 1.82) is 0 Å². The van der Waals surface area contributed by atoms with Gasteiger partial charge in [-0.2, -0.15) is 0 Å². The number of aliphatic hydroxyl groups is 5. The predicted molar refractivity (Wildman–Crippen MR) is 263 cm³/mol. The summed E-state index contributed by atoms with van der Waals surface area (Å²) in [6.07, 6.45) is 45.5. The first-order valence-corrected chi connectivity index (χ1v) is 27.7. The number of nitrogens with one attached hydrogen (secondary N) is 1. The van der Waals surface area contributed by atoms with Gasteiger partial charge in [0.2, 0.25) is 5.91 Å². The van der Waals surface area contributed by atoms with Crippen LogP contribution in [0.3, 0.4) is 0 Å². The number of carbonyl (C=O) groups is 1. The maximum absolute atomic E-state index is 13.1. The Bertz CT molecular complexity index is 955. The fraction of sp³-hybridized carbons (Fsp3) is 0.981. The minimum absolute atomic E-state index is 0.131. The van der Waals surface area contributed by atoms with Crippen LogP contribution in [0.4, 0.5) is 0 Å². The molecular formula is C54H107NO8. The predicted octanol–water partition coefficient (Wildman–Crippen LogP) is 13.1. The van der Waals surface area contributed by atoms with Gasteiger partial charge in [0.1, 0.15) is 24.4 Å². The first-order chi connectivity index (χ1) is 30.8. The van der Waals surface area contributed by atoms with Gasteiger partial charge in [0.05, 0.1) is 25.4 Å². The van der Waals surface area contributed by atoms with Crippen LogP contribution in [-0.4, -0.2) is 87.5 Å². The van der Waals surface area contributed by atoms with Gasteiger partial charge in [-0.05, 0) is 12.8 Å². The van der Waals surface area contributed by atoms with Crippen molar-refractivity contribution in [3.05, 3.63) is 0 Å². The normalized spacial score (nSPS) is 20.0. The topological polar surface area (TPSA) is 149 Å². The van der Waals surface area contributed by atoms with Crippen LogP contribution in [0.1, 0.15) is 284 Å². The van der Waals surface area contributed by atoms with E-state index in [9.17, 15) is 30.3 Å². The second-order valence-electron chi connectivity index (χ2n) is 19.7. The highest BCUT2D eigenvalue weighted by Gasteiger charge is 2.44. The number of unbranched alkanes of at least 4 members (excludes halogenated alkanes) is 38. The Morgan fingerprint density at radius 1 is 0.476 bits per heavy atom. The molecule has 0 aliphatic carbocycles. The van der Waals surface area contributed by atoms with Gasteiger partial charge in [0.15, 0.2) is 6.29 Å². The number of amides is 1. The van der Waals surface area contributed by atoms with Crippen molar-refractivity contribution in [2.24, 2.45) is 0 Å². The van der Waals surface area contributed by atoms with E-state index in [4.69, 9.17) is 9.47 Å². The van der Waals surface area contributed by atoms with Crippen molar-refractivity contribution in [3.8, 4) is 0 Å². The maximum Gasteiger partial charge on any atom is 0.220 e. The van der Waals surface area contributed by atoms with E-state index in [0.717, 1.165) is 38.5 Å². The van der Waals surface area contributed by atoms with E-state index >= 15 is 0 Å². The highest BCUT2D eigenvalue weighted by atomic mass is 16.7. The fourth-order valence-electron chi connectivity index (χ4n) is 9.28. The molecule has 0 aromatic carbocycles. The Hall–Kier alpha value is -0.810. The molecule has 0 radical (unpaired) electrons. The van der Waals surface area contributed by atoms with E-state index in [2.05, 4.69) is 19.2 Å². The molecule has 1 saturated heterocycles. The van der Waals surface area contributed by atoms with Crippen LogP contribution in [-0.2, 0) is 14.3 Å². The Balaban J connectivity index is 2.21. The van der Waals surface area contributed by atoms with Crippen molar-refractivity contribution in [2.75, 3.05) is 13.2 Å². The molecule has 376 valence electrons. The third kappa shape index (κ3) is 35.1. The molecule has 1 amide bonds. The van der Waals surface area contributed by atoms with E-state index in [1.54, 1.807) is 0 Å². The molecule has 1 aliphatic heterocycles. The highest BCUT2D eigenvalue weighted by molar-refractivity contribution is 5.76. The number of ether oxygens (including phenoxy) is 2. The van der Waals surface area contributed by atoms with Gasteiger partial charge < -0.3 is 40.3 Å². The molecule has 0 bridgehead atoms. The summed E-state index contributed by atoms with van der Waals surface area (Å²) >= 11 is 0. The smallest absolute Gasteiger partial charge is 0.220 e. The number of carbonyl (C=O) groups excluding carboxylic acids is 1. The first-order valence-electron chi connectivity index (χ1n) is 27.7. The summed E-state index contributed by atoms with van der Waals surface area (Å²) in [5, 5.41) is 54.6. The largest absolute Gasteiger partial charge is 0.394 e. The van der Waals surface area contributed by atoms with Crippen molar-refractivity contribution in [3.63, 3.8) is 0 Å². The van der Waals surface area contributed by atoms with Crippen molar-refractivity contribution in [1.82, 2.24) is 5.32 Å². The van der Waals surface area contributed by atoms with Gasteiger partial charge in [-0.25, -0.2) is 0 Å². The summed E-state index contributed by atoms with van der Waals surface area (Å²) in [5.74, 6) is -0.137. The molecule has 0 saturated carbocycles. The maximum atomic E-state index is 13.1. The van der Waals surface area contributed by atoms with Crippen LogP contribution >= 0.6 is 0 Å². The lowest BCUT2D eigenvalue weighted by Crippen LogP contribution is -2.60. The quantitative estimate of drug-likeness (QED) is 0.0331. The zero-order valence-corrected chi connectivity index (χ0v) is 41.6. The standard InChI is InChI=1S/C54H107NO8/c1-3-5-7-9-11-13-15-17-19-21-23-24-26-28-30-32-34-36-38-40-42-44-50(58)55-47(46-62-54-53(61)52(60)51(59)49(45-56)63-54)48(57)43-41-39-37-35-33-31-29-27-25-22-20-18-16-14-12-10-8-6-4-2/h47-49,51-54,56-57,59-61H,3-46H2,1-2H3,(H,55,58). The second kappa shape index (κ2) is 45.0. The second-order valence-corrected chi connectivity index (χ2v) is 19.7. The van der Waals surface area contributed by atoms with E-state index in [0.29, 0.717) is 12.8 Å². The average molecular weight is 898 g/mol. The molecule has 63 heavy (non-hydrogen) atoms. The zero-order chi connectivity index (χ0) is 45.9. The number of hydrogen-bond donors (Lipinski definition) is 6. The van der Waals surface area contributed by atoms with Gasteiger partial charge in [-0.15, -0.1) is 0 Å². The number of hydrogen-bond acceptors (Lipinski definition) is 8. The van der Waals surface area contributed by atoms with Gasteiger partial charge >= 0.3 is 0 Å². The summed E-state index contributed by atoms with van der Waals surface area (Å²) < 4.78 is 11.3. The first kappa shape index (κ1) is 60.2. The Morgan fingerprint density at radius 3 is 1.13 bits per heavy atom. The number of aliphatic hydroxyl groups excluding tert-OH is 5. The Kier molecular flexibility index (Phi) is 43.0. The third-order valence-corrected chi connectivity index (χ3v) is 13.7. The van der Waals surface area contributed by atoms with E-state index < -0.39 is 49.5 Å². The van der Waals surface area contributed by atoms with Crippen molar-refractivity contribution < 1.29 is 39.8 Å². The van der Waals surface area contributed by atoms with Crippen molar-refractivity contribution in [2.45, 2.75) is 326 Å². The monoisotopic (exact) mass is 898 g/mol. The molecular weight excluding hydrogens is 791 g/mol. The van der Waals surface area contributed by atoms with Gasteiger partial charge in [0, 0.05) is 6.42 Å². The highest BCUT2D eigenvalue weighted by Crippen LogP contribution is 2.23. The van der Waals surface area contributed by atoms with Crippen LogP contribution in [0.25, 0.3) is 0 Å². The van der Waals surface area contributed by atoms with Crippen LogP contribution < -0.4 is 5.32 Å². The molecule has 1 aliphatic rings. The van der Waals surface area contributed by atoms with Crippen molar-refractivity contribution >= 4 is 5.91 Å². The van der Waals surface area contributed by atoms with Crippen LogP contribution in [0, 0.1) is 0 Å². The average Bonchev–Trinajstić information content (AvgIpc) is 3.28. The molecule has 9 heteroatoms. The lowest BCUT2D eigenvalue weighted by molar-refractivity contribution is -0.302. The van der Waals surface area contributed by atoms with Crippen LogP contribution in [0.15, 0.2) is 0 Å². The molecule has 1 heterocycles. The van der Waals surface area contributed by atoms with Gasteiger partial charge in [0.25, 0.3) is 0 Å². The SMILES string of the molecule is CCCCCCCCCCCCCCCCCCCCCCCC(=O)NC(COC1OC(CO)C(O)C(O)C1O)C(O)CCCCCCCCCCCCCCCCCCCCC. The minimum Gasteiger partial charge on any atom is -0.394 e. The molecule has 9 nitrogen and oxygen atoms in total. The summed E-state index contributed by atoms with van der Waals surface area (Å²) in [5.41, 5.74) is 0. The van der Waals surface area contributed by atoms with E-state index in [1.165, 1.54) is 218 Å². The molecule has 0 spiro atoms. The molecule has 1 fully saturated rings. The molecule has 1 rings (SSSR count). The van der Waals surface area contributed by atoms with E-state index in [-0.39, 0.29) is 12.5 Å².